The smallest absolute Gasteiger partial charge is 0.369 e. The van der Waals surface area contributed by atoms with Gasteiger partial charge in [0.05, 0.1) is 12.6 Å². The van der Waals surface area contributed by atoms with Crippen LogP contribution in [0, 0.1) is 0 Å². The number of halogens is 3. The maximum atomic E-state index is 11.9. The molecule has 0 radical (unpaired) electrons. The van der Waals surface area contributed by atoms with E-state index in [1.54, 1.807) is 0 Å². The van der Waals surface area contributed by atoms with Gasteiger partial charge < -0.3 is 11.1 Å². The van der Waals surface area contributed by atoms with Crippen molar-refractivity contribution in [2.24, 2.45) is 5.73 Å². The predicted molar refractivity (Wildman–Crippen MR) is 52.9 cm³/mol. The second kappa shape index (κ2) is 5.35. The van der Waals surface area contributed by atoms with Crippen molar-refractivity contribution in [2.75, 3.05) is 19.6 Å². The molecule has 0 aromatic rings. The number of nitrogens with one attached hydrogen (secondary N) is 1. The van der Waals surface area contributed by atoms with Crippen molar-refractivity contribution in [3.63, 3.8) is 0 Å². The third kappa shape index (κ3) is 4.59. The lowest BCUT2D eigenvalue weighted by atomic mass is 10.2. The number of likely N-dealkylation sites (tertiary alicyclic amines) is 1. The van der Waals surface area contributed by atoms with Gasteiger partial charge in [-0.2, -0.15) is 13.2 Å². The Morgan fingerprint density at radius 3 is 2.59 bits per heavy atom. The van der Waals surface area contributed by atoms with Gasteiger partial charge in [0, 0.05) is 0 Å². The van der Waals surface area contributed by atoms with Crippen molar-refractivity contribution in [3.8, 4) is 0 Å². The van der Waals surface area contributed by atoms with Crippen LogP contribution >= 0.6 is 0 Å². The van der Waals surface area contributed by atoms with Crippen LogP contribution in [0.3, 0.4) is 0 Å². The molecule has 1 heterocycles. The number of carbonyl (C=O) groups is 2. The molecule has 0 bridgehead atoms. The minimum Gasteiger partial charge on any atom is -0.369 e. The van der Waals surface area contributed by atoms with Crippen LogP contribution in [0.15, 0.2) is 0 Å². The Kier molecular flexibility index (Phi) is 4.33. The quantitative estimate of drug-likeness (QED) is 0.716. The summed E-state index contributed by atoms with van der Waals surface area (Å²) in [6.45, 7) is -0.968. The third-order valence-corrected chi connectivity index (χ3v) is 2.49. The van der Waals surface area contributed by atoms with E-state index < -0.39 is 30.6 Å². The first-order valence-corrected chi connectivity index (χ1v) is 5.16. The lowest BCUT2D eigenvalue weighted by molar-refractivity contribution is -0.141. The molecule has 5 nitrogen and oxygen atoms in total. The fraction of sp³-hybridized carbons (Fsp3) is 0.778. The summed E-state index contributed by atoms with van der Waals surface area (Å²) in [7, 11) is 0. The van der Waals surface area contributed by atoms with E-state index in [9.17, 15) is 22.8 Å². The fourth-order valence-electron chi connectivity index (χ4n) is 1.82. The number of nitrogens with two attached hydrogens (primary N) is 1. The molecule has 2 amide bonds. The maximum Gasteiger partial charge on any atom is 0.405 e. The number of carbonyl (C=O) groups excluding carboxylic acids is 2. The van der Waals surface area contributed by atoms with Crippen molar-refractivity contribution in [2.45, 2.75) is 25.1 Å². The third-order valence-electron chi connectivity index (χ3n) is 2.49. The molecule has 8 heteroatoms. The topological polar surface area (TPSA) is 75.4 Å². The van der Waals surface area contributed by atoms with Crippen molar-refractivity contribution >= 4 is 11.8 Å². The minimum absolute atomic E-state index is 0.107. The molecule has 98 valence electrons. The molecule has 1 fully saturated rings. The van der Waals surface area contributed by atoms with Crippen LogP contribution in [-0.4, -0.2) is 48.6 Å². The number of alkyl halides is 3. The van der Waals surface area contributed by atoms with E-state index in [0.717, 1.165) is 0 Å². The minimum atomic E-state index is -4.43. The van der Waals surface area contributed by atoms with Crippen LogP contribution in [0.1, 0.15) is 12.8 Å². The van der Waals surface area contributed by atoms with Gasteiger partial charge in [0.1, 0.15) is 6.54 Å². The Balaban J connectivity index is 2.47. The first kappa shape index (κ1) is 13.8. The standard InChI is InChI=1S/C9H14F3N3O2/c10-9(11,12)5-14-8(17)6-2-1-3-15(6)4-7(13)16/h6H,1-5H2,(H2,13,16)(H,14,17). The molecule has 0 aliphatic carbocycles. The lowest BCUT2D eigenvalue weighted by Gasteiger charge is -2.22. The van der Waals surface area contributed by atoms with Gasteiger partial charge in [0.25, 0.3) is 0 Å². The van der Waals surface area contributed by atoms with E-state index >= 15 is 0 Å². The Labute approximate surface area is 96.1 Å². The van der Waals surface area contributed by atoms with Gasteiger partial charge in [-0.15, -0.1) is 0 Å². The first-order valence-electron chi connectivity index (χ1n) is 5.16. The highest BCUT2D eigenvalue weighted by Crippen LogP contribution is 2.18. The molecular formula is C9H14F3N3O2. The van der Waals surface area contributed by atoms with E-state index in [0.29, 0.717) is 19.4 Å². The van der Waals surface area contributed by atoms with Crippen molar-refractivity contribution in [1.29, 1.82) is 0 Å². The average Bonchev–Trinajstić information content (AvgIpc) is 2.60. The highest BCUT2D eigenvalue weighted by atomic mass is 19.4. The van der Waals surface area contributed by atoms with Gasteiger partial charge in [0.2, 0.25) is 11.8 Å². The summed E-state index contributed by atoms with van der Waals surface area (Å²) in [5, 5.41) is 1.81. The van der Waals surface area contributed by atoms with E-state index in [-0.39, 0.29) is 6.54 Å². The molecule has 0 spiro atoms. The Hall–Kier alpha value is -1.31. The van der Waals surface area contributed by atoms with Crippen LogP contribution in [0.5, 0.6) is 0 Å². The second-order valence-electron chi connectivity index (χ2n) is 3.93. The number of primary amides is 1. The van der Waals surface area contributed by atoms with Crippen LogP contribution in [0.4, 0.5) is 13.2 Å². The normalized spacial score (nSPS) is 21.5. The highest BCUT2D eigenvalue weighted by molar-refractivity contribution is 5.83. The van der Waals surface area contributed by atoms with Gasteiger partial charge >= 0.3 is 6.18 Å². The average molecular weight is 253 g/mol. The number of rotatable bonds is 4. The Morgan fingerprint density at radius 2 is 2.06 bits per heavy atom. The monoisotopic (exact) mass is 253 g/mol. The number of amides is 2. The van der Waals surface area contributed by atoms with Gasteiger partial charge in [0.15, 0.2) is 0 Å². The van der Waals surface area contributed by atoms with Crippen molar-refractivity contribution < 1.29 is 22.8 Å². The molecule has 0 aromatic carbocycles. The molecule has 1 rings (SSSR count). The summed E-state index contributed by atoms with van der Waals surface area (Å²) in [5.41, 5.74) is 4.99. The number of hydrogen-bond donors (Lipinski definition) is 2. The van der Waals surface area contributed by atoms with Gasteiger partial charge in [-0.3, -0.25) is 14.5 Å². The van der Waals surface area contributed by atoms with E-state index in [1.807, 2.05) is 5.32 Å². The molecule has 1 unspecified atom stereocenters. The largest absolute Gasteiger partial charge is 0.405 e. The summed E-state index contributed by atoms with van der Waals surface area (Å²) in [6, 6.07) is -0.690. The summed E-state index contributed by atoms with van der Waals surface area (Å²) in [4.78, 5) is 23.7. The van der Waals surface area contributed by atoms with Gasteiger partial charge in [-0.05, 0) is 19.4 Å². The van der Waals surface area contributed by atoms with E-state index in [4.69, 9.17) is 5.73 Å². The van der Waals surface area contributed by atoms with Crippen molar-refractivity contribution in [3.05, 3.63) is 0 Å². The molecule has 1 atom stereocenters. The van der Waals surface area contributed by atoms with Crippen molar-refractivity contribution in [1.82, 2.24) is 10.2 Å². The molecule has 17 heavy (non-hydrogen) atoms. The highest BCUT2D eigenvalue weighted by Gasteiger charge is 2.34. The van der Waals surface area contributed by atoms with Crippen LogP contribution < -0.4 is 11.1 Å². The predicted octanol–water partition coefficient (Wildman–Crippen LogP) is -0.385. The second-order valence-corrected chi connectivity index (χ2v) is 3.93. The zero-order chi connectivity index (χ0) is 13.1. The molecule has 1 aliphatic heterocycles. The first-order chi connectivity index (χ1) is 7.79. The van der Waals surface area contributed by atoms with Gasteiger partial charge in [-0.25, -0.2) is 0 Å². The van der Waals surface area contributed by atoms with Crippen LogP contribution in [0.2, 0.25) is 0 Å². The lowest BCUT2D eigenvalue weighted by Crippen LogP contribution is -2.48. The molecule has 1 aliphatic rings. The fourth-order valence-corrected chi connectivity index (χ4v) is 1.82. The van der Waals surface area contributed by atoms with Crippen LogP contribution in [0.25, 0.3) is 0 Å². The summed E-state index contributed by atoms with van der Waals surface area (Å²) in [5.74, 6) is -1.30. The maximum absolute atomic E-state index is 11.9. The zero-order valence-electron chi connectivity index (χ0n) is 9.09. The molecular weight excluding hydrogens is 239 g/mol. The Morgan fingerprint density at radius 1 is 1.41 bits per heavy atom. The number of nitrogens with zero attached hydrogens (tertiary/aromatic N) is 1. The van der Waals surface area contributed by atoms with E-state index in [2.05, 4.69) is 0 Å². The summed E-state index contributed by atoms with van der Waals surface area (Å²) < 4.78 is 35.7. The summed E-state index contributed by atoms with van der Waals surface area (Å²) >= 11 is 0. The Bertz CT molecular complexity index is 306. The van der Waals surface area contributed by atoms with Gasteiger partial charge in [-0.1, -0.05) is 0 Å². The molecule has 3 N–H and O–H groups in total. The van der Waals surface area contributed by atoms with Crippen LogP contribution in [-0.2, 0) is 9.59 Å². The molecule has 1 saturated heterocycles. The zero-order valence-corrected chi connectivity index (χ0v) is 9.09. The molecule has 0 aromatic heterocycles. The molecule has 0 saturated carbocycles. The summed E-state index contributed by atoms with van der Waals surface area (Å²) in [6.07, 6.45) is -3.32. The van der Waals surface area contributed by atoms with E-state index in [1.165, 1.54) is 4.90 Å². The SMILES string of the molecule is NC(=O)CN1CCCC1C(=O)NCC(F)(F)F. The number of hydrogen-bond acceptors (Lipinski definition) is 3.